The number of hydrogen-bond acceptors (Lipinski definition) is 0. The molecule has 0 heteroatoms. The van der Waals surface area contributed by atoms with Crippen molar-refractivity contribution < 1.29 is 0 Å². The van der Waals surface area contributed by atoms with Crippen LogP contribution in [0.4, 0.5) is 0 Å². The fourth-order valence-corrected chi connectivity index (χ4v) is 7.57. The lowest BCUT2D eigenvalue weighted by Crippen LogP contribution is -2.13. The van der Waals surface area contributed by atoms with Crippen LogP contribution in [0.2, 0.25) is 0 Å². The zero-order valence-electron chi connectivity index (χ0n) is 24.6. The van der Waals surface area contributed by atoms with Crippen LogP contribution in [-0.4, -0.2) is 0 Å². The second-order valence-corrected chi connectivity index (χ2v) is 12.8. The van der Waals surface area contributed by atoms with Gasteiger partial charge in [-0.3, -0.25) is 0 Å². The second kappa shape index (κ2) is 15.1. The molecular formula is C37H56. The molecule has 2 aliphatic rings. The molecular weight excluding hydrogens is 444 g/mol. The third-order valence-electron chi connectivity index (χ3n) is 10.0. The standard InChI is InChI=1S/C37H56/c1-4-6-7-8-9-10-11-13-31-16-18-32(19-17-31)33-22-24-35(25-23-33)37-27-26-36(28-29(37)3)34-20-14-30(12-5-2)15-21-34/h22-28,30-32,34H,4-21H2,1-3H3. The molecule has 0 atom stereocenters. The van der Waals surface area contributed by atoms with Crippen molar-refractivity contribution in [3.05, 3.63) is 59.2 Å². The van der Waals surface area contributed by atoms with E-state index in [1.165, 1.54) is 132 Å². The number of hydrogen-bond donors (Lipinski definition) is 0. The van der Waals surface area contributed by atoms with Gasteiger partial charge < -0.3 is 0 Å². The van der Waals surface area contributed by atoms with Gasteiger partial charge in [0, 0.05) is 0 Å². The molecule has 0 bridgehead atoms. The minimum Gasteiger partial charge on any atom is -0.0654 e. The van der Waals surface area contributed by atoms with Crippen molar-refractivity contribution in [2.24, 2.45) is 11.8 Å². The molecule has 2 saturated carbocycles. The third-order valence-corrected chi connectivity index (χ3v) is 10.0. The summed E-state index contributed by atoms with van der Waals surface area (Å²) in [5.74, 6) is 3.55. The van der Waals surface area contributed by atoms with Crippen LogP contribution in [0.25, 0.3) is 11.1 Å². The van der Waals surface area contributed by atoms with Crippen LogP contribution in [0, 0.1) is 18.8 Å². The van der Waals surface area contributed by atoms with E-state index in [9.17, 15) is 0 Å². The molecule has 2 aromatic rings. The Kier molecular flexibility index (Phi) is 11.6. The van der Waals surface area contributed by atoms with Gasteiger partial charge in [0.1, 0.15) is 0 Å². The lowest BCUT2D eigenvalue weighted by molar-refractivity contribution is 0.302. The molecule has 2 fully saturated rings. The zero-order valence-corrected chi connectivity index (χ0v) is 24.6. The average Bonchev–Trinajstić information content (AvgIpc) is 2.94. The number of rotatable bonds is 13. The first-order chi connectivity index (χ1) is 18.2. The molecule has 2 aromatic carbocycles. The lowest BCUT2D eigenvalue weighted by Gasteiger charge is -2.29. The van der Waals surface area contributed by atoms with E-state index in [4.69, 9.17) is 0 Å². The van der Waals surface area contributed by atoms with Gasteiger partial charge in [0.05, 0.1) is 0 Å². The molecule has 0 amide bonds. The average molecular weight is 501 g/mol. The van der Waals surface area contributed by atoms with Gasteiger partial charge in [-0.2, -0.15) is 0 Å². The minimum atomic E-state index is 0.782. The first-order valence-corrected chi connectivity index (χ1v) is 16.4. The van der Waals surface area contributed by atoms with Crippen molar-refractivity contribution in [1.29, 1.82) is 0 Å². The van der Waals surface area contributed by atoms with Crippen molar-refractivity contribution >= 4 is 0 Å². The summed E-state index contributed by atoms with van der Waals surface area (Å²) in [5, 5.41) is 0. The quantitative estimate of drug-likeness (QED) is 0.240. The van der Waals surface area contributed by atoms with Crippen LogP contribution in [0.3, 0.4) is 0 Å². The highest BCUT2D eigenvalue weighted by atomic mass is 14.3. The summed E-state index contributed by atoms with van der Waals surface area (Å²) in [6.07, 6.45) is 25.7. The molecule has 0 nitrogen and oxygen atoms in total. The van der Waals surface area contributed by atoms with Gasteiger partial charge in [-0.1, -0.05) is 121 Å². The first kappa shape index (κ1) is 28.4. The molecule has 0 aromatic heterocycles. The summed E-state index contributed by atoms with van der Waals surface area (Å²) in [4.78, 5) is 0. The molecule has 0 saturated heterocycles. The highest BCUT2D eigenvalue weighted by Crippen LogP contribution is 2.40. The van der Waals surface area contributed by atoms with E-state index in [0.29, 0.717) is 0 Å². The molecule has 0 radical (unpaired) electrons. The molecule has 0 unspecified atom stereocenters. The van der Waals surface area contributed by atoms with Crippen LogP contribution in [0.1, 0.15) is 158 Å². The van der Waals surface area contributed by atoms with E-state index in [2.05, 4.69) is 63.2 Å². The maximum absolute atomic E-state index is 2.50. The summed E-state index contributed by atoms with van der Waals surface area (Å²) in [5.41, 5.74) is 7.43. The van der Waals surface area contributed by atoms with Crippen LogP contribution >= 0.6 is 0 Å². The Hall–Kier alpha value is -1.56. The Morgan fingerprint density at radius 3 is 1.68 bits per heavy atom. The highest BCUT2D eigenvalue weighted by Gasteiger charge is 2.23. The van der Waals surface area contributed by atoms with E-state index >= 15 is 0 Å². The van der Waals surface area contributed by atoms with Crippen molar-refractivity contribution in [1.82, 2.24) is 0 Å². The molecule has 0 aliphatic heterocycles. The molecule has 0 spiro atoms. The summed E-state index contributed by atoms with van der Waals surface area (Å²) < 4.78 is 0. The fourth-order valence-electron chi connectivity index (χ4n) is 7.57. The topological polar surface area (TPSA) is 0 Å². The van der Waals surface area contributed by atoms with Crippen molar-refractivity contribution in [2.45, 2.75) is 148 Å². The van der Waals surface area contributed by atoms with Gasteiger partial charge in [0.25, 0.3) is 0 Å². The Bertz CT molecular complexity index is 890. The Morgan fingerprint density at radius 2 is 1.08 bits per heavy atom. The predicted octanol–water partition coefficient (Wildman–Crippen LogP) is 12.2. The summed E-state index contributed by atoms with van der Waals surface area (Å²) >= 11 is 0. The van der Waals surface area contributed by atoms with Gasteiger partial charge in [0.2, 0.25) is 0 Å². The van der Waals surface area contributed by atoms with Crippen molar-refractivity contribution in [3.63, 3.8) is 0 Å². The largest absolute Gasteiger partial charge is 0.0654 e. The predicted molar refractivity (Wildman–Crippen MR) is 164 cm³/mol. The van der Waals surface area contributed by atoms with Crippen LogP contribution in [0.5, 0.6) is 0 Å². The SMILES string of the molecule is CCCCCCCCCC1CCC(c2ccc(-c3ccc(C4CCC(CCC)CC4)cc3C)cc2)CC1. The van der Waals surface area contributed by atoms with Crippen LogP contribution < -0.4 is 0 Å². The number of unbranched alkanes of at least 4 members (excludes halogenated alkanes) is 6. The van der Waals surface area contributed by atoms with E-state index < -0.39 is 0 Å². The van der Waals surface area contributed by atoms with Gasteiger partial charge in [-0.05, 0) is 110 Å². The van der Waals surface area contributed by atoms with Gasteiger partial charge in [-0.25, -0.2) is 0 Å². The summed E-state index contributed by atoms with van der Waals surface area (Å²) in [7, 11) is 0. The van der Waals surface area contributed by atoms with E-state index in [1.54, 1.807) is 11.1 Å². The van der Waals surface area contributed by atoms with Crippen LogP contribution in [-0.2, 0) is 0 Å². The van der Waals surface area contributed by atoms with Gasteiger partial charge >= 0.3 is 0 Å². The van der Waals surface area contributed by atoms with Crippen molar-refractivity contribution in [3.8, 4) is 11.1 Å². The smallest absolute Gasteiger partial charge is 0.0155 e. The Morgan fingerprint density at radius 1 is 0.541 bits per heavy atom. The zero-order chi connectivity index (χ0) is 25.9. The minimum absolute atomic E-state index is 0.782. The Labute approximate surface area is 230 Å². The van der Waals surface area contributed by atoms with E-state index in [-0.39, 0.29) is 0 Å². The summed E-state index contributed by atoms with van der Waals surface area (Å²) in [6, 6.07) is 17.0. The molecule has 2 aliphatic carbocycles. The second-order valence-electron chi connectivity index (χ2n) is 12.8. The maximum Gasteiger partial charge on any atom is -0.0155 e. The van der Waals surface area contributed by atoms with Crippen molar-refractivity contribution in [2.75, 3.05) is 0 Å². The molecule has 204 valence electrons. The fraction of sp³-hybridized carbons (Fsp3) is 0.676. The molecule has 0 N–H and O–H groups in total. The Balaban J connectivity index is 1.23. The van der Waals surface area contributed by atoms with Gasteiger partial charge in [0.15, 0.2) is 0 Å². The monoisotopic (exact) mass is 500 g/mol. The normalized spacial score (nSPS) is 24.3. The summed E-state index contributed by atoms with van der Waals surface area (Å²) in [6.45, 7) is 6.97. The van der Waals surface area contributed by atoms with E-state index in [0.717, 1.165) is 23.7 Å². The van der Waals surface area contributed by atoms with Gasteiger partial charge in [-0.15, -0.1) is 0 Å². The molecule has 4 rings (SSSR count). The molecule has 37 heavy (non-hydrogen) atoms. The third kappa shape index (κ3) is 8.46. The maximum atomic E-state index is 2.50. The number of benzene rings is 2. The highest BCUT2D eigenvalue weighted by molar-refractivity contribution is 5.68. The first-order valence-electron chi connectivity index (χ1n) is 16.4. The number of aryl methyl sites for hydroxylation is 1. The lowest BCUT2D eigenvalue weighted by atomic mass is 9.76. The van der Waals surface area contributed by atoms with E-state index in [1.807, 2.05) is 0 Å². The molecule has 0 heterocycles. The van der Waals surface area contributed by atoms with Crippen LogP contribution in [0.15, 0.2) is 42.5 Å².